The van der Waals surface area contributed by atoms with Crippen LogP contribution in [0, 0.1) is 27.7 Å². The number of hydrogen-bond donors (Lipinski definition) is 0. The molecule has 0 N–H and O–H groups in total. The number of benzene rings is 5. The van der Waals surface area contributed by atoms with E-state index in [4.69, 9.17) is 0 Å². The van der Waals surface area contributed by atoms with Crippen LogP contribution < -0.4 is 13.8 Å². The molecule has 39 heavy (non-hydrogen) atoms. The van der Waals surface area contributed by atoms with Gasteiger partial charge in [-0.2, -0.15) is 0 Å². The summed E-state index contributed by atoms with van der Waals surface area (Å²) < 4.78 is 2.79. The Balaban J connectivity index is 1.61. The van der Waals surface area contributed by atoms with Crippen molar-refractivity contribution in [1.29, 1.82) is 0 Å². The first-order valence-electron chi connectivity index (χ1n) is 13.5. The van der Waals surface area contributed by atoms with E-state index < -0.39 is 5.41 Å². The number of rotatable bonds is 0. The molecule has 188 valence electrons. The Kier molecular flexibility index (Phi) is 4.62. The molecule has 0 atom stereocenters. The molecule has 3 aliphatic rings. The van der Waals surface area contributed by atoms with Gasteiger partial charge in [-0.05, 0) is 0 Å². The summed E-state index contributed by atoms with van der Waals surface area (Å²) in [6.45, 7) is 8.58. The van der Waals surface area contributed by atoms with Gasteiger partial charge in [0.1, 0.15) is 0 Å². The van der Waals surface area contributed by atoms with Crippen LogP contribution in [0.3, 0.4) is 0 Å². The summed E-state index contributed by atoms with van der Waals surface area (Å²) in [7, 11) is 0. The van der Waals surface area contributed by atoms with Gasteiger partial charge in [-0.15, -0.1) is 0 Å². The first-order chi connectivity index (χ1) is 18.9. The third-order valence-electron chi connectivity index (χ3n) is 9.07. The van der Waals surface area contributed by atoms with E-state index in [1.54, 1.807) is 0 Å². The van der Waals surface area contributed by atoms with E-state index >= 15 is 0 Å². The molecular weight excluding hydrogens is 541 g/mol. The standard InChI is InChI=1S/C36H27NOSe/c1-20-16-24-28(18-22(20)3)36(29-19-23(4)21(2)17-25(29)35(24)38)26-10-5-6-12-30(26)37-31-13-7-8-14-32(31)39-33-15-9-11-27(36)34(33)37/h5-19H,1-4H3. The van der Waals surface area contributed by atoms with Crippen LogP contribution in [-0.4, -0.2) is 20.7 Å². The number of carbonyl (C=O) groups excluding carboxylic acids is 1. The molecule has 2 heterocycles. The van der Waals surface area contributed by atoms with Crippen molar-refractivity contribution in [2.24, 2.45) is 0 Å². The third-order valence-corrected chi connectivity index (χ3v) is 11.4. The fourth-order valence-corrected chi connectivity index (χ4v) is 9.28. The van der Waals surface area contributed by atoms with Crippen LogP contribution in [0.5, 0.6) is 0 Å². The van der Waals surface area contributed by atoms with Crippen molar-refractivity contribution in [2.45, 2.75) is 33.1 Å². The van der Waals surface area contributed by atoms with E-state index in [1.165, 1.54) is 48.2 Å². The fourth-order valence-electron chi connectivity index (χ4n) is 6.99. The second kappa shape index (κ2) is 7.82. The van der Waals surface area contributed by atoms with Crippen molar-refractivity contribution in [3.05, 3.63) is 147 Å². The third kappa shape index (κ3) is 2.79. The van der Waals surface area contributed by atoms with Gasteiger partial charge >= 0.3 is 236 Å². The minimum absolute atomic E-state index is 0.135. The quantitative estimate of drug-likeness (QED) is 0.192. The van der Waals surface area contributed by atoms with Crippen LogP contribution in [0.1, 0.15) is 60.4 Å². The van der Waals surface area contributed by atoms with Crippen molar-refractivity contribution in [3.8, 4) is 0 Å². The molecule has 0 bridgehead atoms. The second-order valence-electron chi connectivity index (χ2n) is 11.1. The van der Waals surface area contributed by atoms with Crippen molar-refractivity contribution < 1.29 is 4.79 Å². The van der Waals surface area contributed by atoms with Crippen LogP contribution in [0.4, 0.5) is 17.1 Å². The first-order valence-corrected chi connectivity index (χ1v) is 15.2. The van der Waals surface area contributed by atoms with E-state index in [-0.39, 0.29) is 20.7 Å². The zero-order valence-electron chi connectivity index (χ0n) is 22.4. The van der Waals surface area contributed by atoms with Gasteiger partial charge in [0, 0.05) is 0 Å². The maximum absolute atomic E-state index is 14.2. The Morgan fingerprint density at radius 2 is 1.10 bits per heavy atom. The molecule has 0 unspecified atom stereocenters. The molecule has 0 saturated heterocycles. The average molecular weight is 569 g/mol. The van der Waals surface area contributed by atoms with Crippen molar-refractivity contribution >= 4 is 46.7 Å². The SMILES string of the molecule is Cc1cc2c(cc1C)C1(c3cc(C)c(C)cc3C2=O)c2ccccc2N2c3ccccc3[Se]c3cccc1c32. The molecule has 0 radical (unpaired) electrons. The molecule has 5 aromatic rings. The number of carbonyl (C=O) groups is 1. The van der Waals surface area contributed by atoms with Gasteiger partial charge in [0.15, 0.2) is 0 Å². The summed E-state index contributed by atoms with van der Waals surface area (Å²) in [6, 6.07) is 33.4. The molecule has 0 aromatic heterocycles. The molecule has 8 rings (SSSR count). The monoisotopic (exact) mass is 569 g/mol. The van der Waals surface area contributed by atoms with E-state index in [1.807, 2.05) is 0 Å². The number of aryl methyl sites for hydroxylation is 4. The van der Waals surface area contributed by atoms with Crippen molar-refractivity contribution in [3.63, 3.8) is 0 Å². The summed E-state index contributed by atoms with van der Waals surface area (Å²) in [5.74, 6) is 0.135. The average Bonchev–Trinajstić information content (AvgIpc) is 2.95. The van der Waals surface area contributed by atoms with Crippen molar-refractivity contribution in [2.75, 3.05) is 4.90 Å². The molecule has 0 saturated carbocycles. The molecule has 1 spiro atoms. The zero-order valence-corrected chi connectivity index (χ0v) is 24.1. The Hall–Kier alpha value is -3.91. The Labute approximate surface area is 235 Å². The summed E-state index contributed by atoms with van der Waals surface area (Å²) in [5.41, 5.74) is 14.3. The topological polar surface area (TPSA) is 20.3 Å². The molecule has 2 aliphatic heterocycles. The molecule has 3 heteroatoms. The predicted octanol–water partition coefficient (Wildman–Crippen LogP) is 6.60. The van der Waals surface area contributed by atoms with Crippen LogP contribution in [0.2, 0.25) is 0 Å². The van der Waals surface area contributed by atoms with Gasteiger partial charge in [-0.25, -0.2) is 0 Å². The van der Waals surface area contributed by atoms with E-state index in [2.05, 4.69) is 124 Å². The van der Waals surface area contributed by atoms with Gasteiger partial charge in [-0.3, -0.25) is 0 Å². The number of para-hydroxylation sites is 3. The maximum atomic E-state index is 14.2. The number of fused-ring (bicyclic) bond motifs is 10. The molecule has 5 aromatic carbocycles. The van der Waals surface area contributed by atoms with Crippen LogP contribution in [-0.2, 0) is 5.41 Å². The Morgan fingerprint density at radius 1 is 0.564 bits per heavy atom. The van der Waals surface area contributed by atoms with E-state index in [0.717, 1.165) is 33.4 Å². The first kappa shape index (κ1) is 23.0. The van der Waals surface area contributed by atoms with Gasteiger partial charge in [-0.1, -0.05) is 0 Å². The summed E-state index contributed by atoms with van der Waals surface area (Å²) >= 11 is 0.189. The number of anilines is 3. The second-order valence-corrected chi connectivity index (χ2v) is 13.4. The van der Waals surface area contributed by atoms with Crippen LogP contribution >= 0.6 is 0 Å². The zero-order chi connectivity index (χ0) is 26.6. The molecule has 1 aliphatic carbocycles. The van der Waals surface area contributed by atoms with Gasteiger partial charge in [0.25, 0.3) is 0 Å². The number of nitrogens with zero attached hydrogens (tertiary/aromatic N) is 1. The molecular formula is C36H27NOSe. The van der Waals surface area contributed by atoms with Crippen LogP contribution in [0.25, 0.3) is 0 Å². The number of hydrogen-bond acceptors (Lipinski definition) is 2. The number of ketones is 1. The predicted molar refractivity (Wildman–Crippen MR) is 160 cm³/mol. The molecule has 2 nitrogen and oxygen atoms in total. The molecule has 0 amide bonds. The Bertz CT molecular complexity index is 1860. The summed E-state index contributed by atoms with van der Waals surface area (Å²) in [4.78, 5) is 16.7. The van der Waals surface area contributed by atoms with E-state index in [0.29, 0.717) is 0 Å². The van der Waals surface area contributed by atoms with Gasteiger partial charge in [0.05, 0.1) is 0 Å². The summed E-state index contributed by atoms with van der Waals surface area (Å²) in [5, 5.41) is 0. The Morgan fingerprint density at radius 3 is 1.79 bits per heavy atom. The molecule has 0 fully saturated rings. The van der Waals surface area contributed by atoms with E-state index in [9.17, 15) is 4.79 Å². The van der Waals surface area contributed by atoms with Gasteiger partial charge in [0.2, 0.25) is 0 Å². The minimum atomic E-state index is -0.587. The van der Waals surface area contributed by atoms with Crippen molar-refractivity contribution in [1.82, 2.24) is 0 Å². The van der Waals surface area contributed by atoms with Gasteiger partial charge < -0.3 is 0 Å². The van der Waals surface area contributed by atoms with Crippen LogP contribution in [0.15, 0.2) is 91.0 Å². The summed E-state index contributed by atoms with van der Waals surface area (Å²) in [6.07, 6.45) is 0. The normalized spacial score (nSPS) is 15.3. The fraction of sp³-hybridized carbons (Fsp3) is 0.139.